The molecule has 0 spiro atoms. The van der Waals surface area contributed by atoms with Crippen LogP contribution in [0.5, 0.6) is 0 Å². The number of aryl methyl sites for hydroxylation is 1. The van der Waals surface area contributed by atoms with Crippen molar-refractivity contribution in [3.05, 3.63) is 17.4 Å². The Kier molecular flexibility index (Phi) is 1.95. The second-order valence-electron chi connectivity index (χ2n) is 6.63. The quantitative estimate of drug-likeness (QED) is 0.800. The molecular formula is C15H21NO. The Morgan fingerprint density at radius 1 is 1.06 bits per heavy atom. The summed E-state index contributed by atoms with van der Waals surface area (Å²) in [7, 11) is 0. The molecule has 2 heteroatoms. The topological polar surface area (TPSA) is 39.2 Å². The Labute approximate surface area is 103 Å². The average Bonchev–Trinajstić information content (AvgIpc) is 2.56. The lowest BCUT2D eigenvalue weighted by Gasteiger charge is -2.54. The Hall–Kier alpha value is -0.920. The van der Waals surface area contributed by atoms with Gasteiger partial charge >= 0.3 is 0 Å². The van der Waals surface area contributed by atoms with Crippen LogP contribution in [0.15, 0.2) is 10.5 Å². The molecule has 2 nitrogen and oxygen atoms in total. The zero-order valence-electron chi connectivity index (χ0n) is 10.5. The normalized spacial score (nSPS) is 43.2. The van der Waals surface area contributed by atoms with E-state index in [2.05, 4.69) is 6.07 Å². The molecule has 4 fully saturated rings. The molecule has 4 bridgehead atoms. The van der Waals surface area contributed by atoms with Crippen LogP contribution >= 0.6 is 0 Å². The summed E-state index contributed by atoms with van der Waals surface area (Å²) in [4.78, 5) is 0. The SMILES string of the molecule is Cc1cc(C2C3CC4CC(C3)CC2C4)c(N)o1. The van der Waals surface area contributed by atoms with Crippen LogP contribution in [-0.4, -0.2) is 0 Å². The van der Waals surface area contributed by atoms with Gasteiger partial charge in [-0.15, -0.1) is 0 Å². The standard InChI is InChI=1S/C15H21NO/c1-8-2-13(15(16)17-8)14-11-4-9-3-10(6-11)7-12(14)5-9/h2,9-12,14H,3-7,16H2,1H3. The highest BCUT2D eigenvalue weighted by molar-refractivity contribution is 5.42. The van der Waals surface area contributed by atoms with Gasteiger partial charge in [-0.2, -0.15) is 0 Å². The van der Waals surface area contributed by atoms with Crippen molar-refractivity contribution in [3.63, 3.8) is 0 Å². The molecule has 2 N–H and O–H groups in total. The second kappa shape index (κ2) is 3.30. The highest BCUT2D eigenvalue weighted by atomic mass is 16.3. The zero-order chi connectivity index (χ0) is 11.6. The van der Waals surface area contributed by atoms with E-state index in [1.165, 1.54) is 37.7 Å². The fourth-order valence-electron chi connectivity index (χ4n) is 5.25. The first-order chi connectivity index (χ1) is 8.20. The van der Waals surface area contributed by atoms with Gasteiger partial charge in [0.25, 0.3) is 0 Å². The number of hydrogen-bond donors (Lipinski definition) is 1. The lowest BCUT2D eigenvalue weighted by molar-refractivity contribution is -0.00266. The van der Waals surface area contributed by atoms with Gasteiger partial charge in [-0.05, 0) is 74.7 Å². The van der Waals surface area contributed by atoms with Crippen LogP contribution in [0.4, 0.5) is 5.88 Å². The van der Waals surface area contributed by atoms with Crippen LogP contribution in [0.25, 0.3) is 0 Å². The van der Waals surface area contributed by atoms with Crippen LogP contribution in [-0.2, 0) is 0 Å². The maximum absolute atomic E-state index is 6.05. The summed E-state index contributed by atoms with van der Waals surface area (Å²) in [6.45, 7) is 2.01. The molecule has 4 aliphatic carbocycles. The van der Waals surface area contributed by atoms with Crippen LogP contribution in [0, 0.1) is 30.6 Å². The fourth-order valence-corrected chi connectivity index (χ4v) is 5.25. The van der Waals surface area contributed by atoms with Gasteiger partial charge in [0.05, 0.1) is 0 Å². The molecular weight excluding hydrogens is 210 g/mol. The molecule has 4 aliphatic rings. The predicted octanol–water partition coefficient (Wildman–Crippen LogP) is 3.71. The van der Waals surface area contributed by atoms with E-state index < -0.39 is 0 Å². The molecule has 0 saturated heterocycles. The van der Waals surface area contributed by atoms with E-state index in [9.17, 15) is 0 Å². The molecule has 0 atom stereocenters. The van der Waals surface area contributed by atoms with Gasteiger partial charge in [0.2, 0.25) is 0 Å². The average molecular weight is 231 g/mol. The van der Waals surface area contributed by atoms with Crippen LogP contribution in [0.1, 0.15) is 49.3 Å². The van der Waals surface area contributed by atoms with E-state index in [1.807, 2.05) is 6.92 Å². The third kappa shape index (κ3) is 1.39. The highest BCUT2D eigenvalue weighted by Crippen LogP contribution is 2.60. The Morgan fingerprint density at radius 2 is 1.65 bits per heavy atom. The summed E-state index contributed by atoms with van der Waals surface area (Å²) < 4.78 is 5.55. The Morgan fingerprint density at radius 3 is 2.12 bits per heavy atom. The third-order valence-corrected chi connectivity index (χ3v) is 5.50. The molecule has 92 valence electrons. The minimum absolute atomic E-state index is 0.694. The number of furan rings is 1. The maximum Gasteiger partial charge on any atom is 0.193 e. The molecule has 1 heterocycles. The summed E-state index contributed by atoms with van der Waals surface area (Å²) >= 11 is 0. The molecule has 0 aliphatic heterocycles. The lowest BCUT2D eigenvalue weighted by Crippen LogP contribution is -2.43. The van der Waals surface area contributed by atoms with E-state index in [-0.39, 0.29) is 0 Å². The van der Waals surface area contributed by atoms with Crippen molar-refractivity contribution in [2.45, 2.75) is 44.9 Å². The Balaban J connectivity index is 1.72. The van der Waals surface area contributed by atoms with Gasteiger partial charge in [-0.1, -0.05) is 0 Å². The van der Waals surface area contributed by atoms with Crippen LogP contribution in [0.2, 0.25) is 0 Å². The lowest BCUT2D eigenvalue weighted by atomic mass is 9.51. The van der Waals surface area contributed by atoms with Crippen molar-refractivity contribution < 1.29 is 4.42 Å². The van der Waals surface area contributed by atoms with Crippen molar-refractivity contribution in [2.75, 3.05) is 5.73 Å². The van der Waals surface area contributed by atoms with Crippen molar-refractivity contribution in [1.29, 1.82) is 0 Å². The maximum atomic E-state index is 6.05. The predicted molar refractivity (Wildman–Crippen MR) is 67.6 cm³/mol. The van der Waals surface area contributed by atoms with E-state index in [0.29, 0.717) is 11.8 Å². The fraction of sp³-hybridized carbons (Fsp3) is 0.733. The van der Waals surface area contributed by atoms with Gasteiger partial charge in [-0.3, -0.25) is 0 Å². The number of anilines is 1. The molecule has 4 saturated carbocycles. The number of rotatable bonds is 1. The first-order valence-corrected chi connectivity index (χ1v) is 7.06. The van der Waals surface area contributed by atoms with E-state index in [4.69, 9.17) is 10.2 Å². The van der Waals surface area contributed by atoms with Gasteiger partial charge in [0.1, 0.15) is 5.76 Å². The largest absolute Gasteiger partial charge is 0.446 e. The van der Waals surface area contributed by atoms with Gasteiger partial charge in [0.15, 0.2) is 5.88 Å². The van der Waals surface area contributed by atoms with Gasteiger partial charge < -0.3 is 10.2 Å². The Bertz CT molecular complexity index is 420. The van der Waals surface area contributed by atoms with Crippen molar-refractivity contribution >= 4 is 5.88 Å². The molecule has 5 rings (SSSR count). The number of hydrogen-bond acceptors (Lipinski definition) is 2. The summed E-state index contributed by atoms with van der Waals surface area (Å²) in [5.41, 5.74) is 7.38. The highest BCUT2D eigenvalue weighted by Gasteiger charge is 2.49. The van der Waals surface area contributed by atoms with Crippen LogP contribution < -0.4 is 5.73 Å². The van der Waals surface area contributed by atoms with Crippen molar-refractivity contribution in [1.82, 2.24) is 0 Å². The zero-order valence-corrected chi connectivity index (χ0v) is 10.5. The summed E-state index contributed by atoms with van der Waals surface area (Å²) in [6, 6.07) is 2.20. The monoisotopic (exact) mass is 231 g/mol. The molecule has 0 unspecified atom stereocenters. The first kappa shape index (κ1) is 10.0. The first-order valence-electron chi connectivity index (χ1n) is 7.06. The van der Waals surface area contributed by atoms with E-state index in [1.54, 1.807) is 0 Å². The molecule has 0 aromatic carbocycles. The summed E-state index contributed by atoms with van der Waals surface area (Å²) in [6.07, 6.45) is 7.30. The molecule has 0 amide bonds. The molecule has 1 aromatic rings. The van der Waals surface area contributed by atoms with E-state index >= 15 is 0 Å². The molecule has 17 heavy (non-hydrogen) atoms. The number of nitrogens with two attached hydrogens (primary N) is 1. The molecule has 0 radical (unpaired) electrons. The van der Waals surface area contributed by atoms with Gasteiger partial charge in [0, 0.05) is 5.56 Å². The summed E-state index contributed by atoms with van der Waals surface area (Å²) in [5, 5.41) is 0. The minimum Gasteiger partial charge on any atom is -0.446 e. The van der Waals surface area contributed by atoms with Crippen molar-refractivity contribution in [3.8, 4) is 0 Å². The third-order valence-electron chi connectivity index (χ3n) is 5.50. The van der Waals surface area contributed by atoms with Crippen molar-refractivity contribution in [2.24, 2.45) is 23.7 Å². The number of nitrogen functional groups attached to an aromatic ring is 1. The van der Waals surface area contributed by atoms with E-state index in [0.717, 1.165) is 29.4 Å². The second-order valence-corrected chi connectivity index (χ2v) is 6.63. The smallest absolute Gasteiger partial charge is 0.193 e. The van der Waals surface area contributed by atoms with Gasteiger partial charge in [-0.25, -0.2) is 0 Å². The summed E-state index contributed by atoms with van der Waals surface area (Å²) in [5.74, 6) is 6.23. The minimum atomic E-state index is 0.694. The molecule has 1 aromatic heterocycles. The van der Waals surface area contributed by atoms with Crippen LogP contribution in [0.3, 0.4) is 0 Å².